The van der Waals surface area contributed by atoms with Gasteiger partial charge in [0.05, 0.1) is 36.1 Å². The maximum Gasteiger partial charge on any atom is 0.408 e. The summed E-state index contributed by atoms with van der Waals surface area (Å²) in [5.74, 6) is -2.75. The third-order valence-electron chi connectivity index (χ3n) is 9.39. The molecule has 0 saturated heterocycles. The number of carboxylic acid groups (broad SMARTS) is 1. The van der Waals surface area contributed by atoms with Gasteiger partial charge in [-0.25, -0.2) is 19.2 Å². The average molecular weight is 1050 g/mol. The Morgan fingerprint density at radius 2 is 0.760 bits per heavy atom. The van der Waals surface area contributed by atoms with E-state index < -0.39 is 86.2 Å². The molecular weight excluding hydrogens is 989 g/mol. The monoisotopic (exact) mass is 1050 g/mol. The summed E-state index contributed by atoms with van der Waals surface area (Å²) in [5, 5.41) is 44.9. The number of nitrogens with two attached hydrogens (primary N) is 3. The number of carboxylic acids is 1. The first-order valence-electron chi connectivity index (χ1n) is 22.4. The first kappa shape index (κ1) is 64.2. The SMILES string of the molecule is COC(=O)[C@@H](Cc1ccc(N)cc1)NC(=O)OC(C)(C)C.COC(=O)[C@@H](Cc1ccc([N+](=O)[O-])cc1)NC(=O)OC(C)(C)C.COC(=O)[C@H](N)Cc1ccc([N+](=O)[O-])cc1.N[C@H](Cc1ccc([N+](=O)[O-])cc1)C(=O)O. The third kappa shape index (κ3) is 26.5. The third-order valence-corrected chi connectivity index (χ3v) is 9.39. The number of nitrogens with one attached hydrogen (secondary N) is 2. The second-order valence-corrected chi connectivity index (χ2v) is 17.8. The highest BCUT2D eigenvalue weighted by atomic mass is 16.6. The molecule has 9 N–H and O–H groups in total. The molecule has 0 aliphatic rings. The largest absolute Gasteiger partial charge is 0.480 e. The van der Waals surface area contributed by atoms with Crippen molar-refractivity contribution in [1.82, 2.24) is 10.6 Å². The Hall–Kier alpha value is -8.78. The lowest BCUT2D eigenvalue weighted by Gasteiger charge is -2.22. The molecule has 4 aromatic carbocycles. The Bertz CT molecular complexity index is 2530. The number of benzene rings is 4. The van der Waals surface area contributed by atoms with Gasteiger partial charge in [0.1, 0.15) is 35.4 Å². The molecule has 4 rings (SSSR count). The number of amides is 2. The topological polar surface area (TPSA) is 400 Å². The van der Waals surface area contributed by atoms with Crippen molar-refractivity contribution in [1.29, 1.82) is 0 Å². The van der Waals surface area contributed by atoms with Crippen molar-refractivity contribution in [3.05, 3.63) is 150 Å². The summed E-state index contributed by atoms with van der Waals surface area (Å²) in [4.78, 5) is 98.4. The fourth-order valence-corrected chi connectivity index (χ4v) is 5.79. The Morgan fingerprint density at radius 3 is 1.01 bits per heavy atom. The second-order valence-electron chi connectivity index (χ2n) is 17.8. The molecule has 0 fully saturated rings. The van der Waals surface area contributed by atoms with Crippen molar-refractivity contribution in [2.24, 2.45) is 11.5 Å². The van der Waals surface area contributed by atoms with Crippen molar-refractivity contribution in [3.8, 4) is 0 Å². The molecule has 0 heterocycles. The minimum Gasteiger partial charge on any atom is -0.480 e. The van der Waals surface area contributed by atoms with Crippen LogP contribution >= 0.6 is 0 Å². The lowest BCUT2D eigenvalue weighted by Crippen LogP contribution is -2.45. The fourth-order valence-electron chi connectivity index (χ4n) is 5.79. The molecule has 26 nitrogen and oxygen atoms in total. The fraction of sp³-hybridized carbons (Fsp3) is 0.388. The number of nitrogens with zero attached hydrogens (tertiary/aromatic N) is 3. The van der Waals surface area contributed by atoms with Gasteiger partial charge in [-0.05, 0) is 88.8 Å². The van der Waals surface area contributed by atoms with Gasteiger partial charge < -0.3 is 56.6 Å². The summed E-state index contributed by atoms with van der Waals surface area (Å²) >= 11 is 0. The molecule has 0 bridgehead atoms. The number of hydrogen-bond donors (Lipinski definition) is 6. The number of esters is 3. The predicted molar refractivity (Wildman–Crippen MR) is 271 cm³/mol. The number of ether oxygens (including phenoxy) is 5. The van der Waals surface area contributed by atoms with Gasteiger partial charge in [0.15, 0.2) is 0 Å². The standard InChI is InChI=1S/C15H20N2O6.C15H22N2O4.C10H12N2O4.C9H10N2O4/c1-15(2,3)23-14(19)16-12(13(18)22-4)9-10-5-7-11(8-6-10)17(20)21;1-15(2,3)21-14(19)17-12(13(18)20-4)9-10-5-7-11(16)8-6-10;1-16-10(13)9(11)6-7-2-4-8(5-3-7)12(14)15;10-8(9(12)13)5-6-1-3-7(4-2-6)11(14)15/h5-8,12H,9H2,1-4H3,(H,16,19);5-8,12H,9,16H2,1-4H3,(H,17,19);2-5,9H,6,11H2,1H3;1-4,8H,5,10H2,(H,12,13)/t2*12-;9-;8-/m1111/s1. The number of carbonyl (C=O) groups is 6. The van der Waals surface area contributed by atoms with Crippen molar-refractivity contribution < 1.29 is 72.3 Å². The lowest BCUT2D eigenvalue weighted by atomic mass is 10.1. The summed E-state index contributed by atoms with van der Waals surface area (Å²) in [5.41, 5.74) is 18.6. The zero-order chi connectivity index (χ0) is 57.2. The van der Waals surface area contributed by atoms with Crippen LogP contribution in [0.25, 0.3) is 0 Å². The molecule has 2 amide bonds. The number of hydrogen-bond acceptors (Lipinski definition) is 20. The molecule has 26 heteroatoms. The molecule has 4 atom stereocenters. The van der Waals surface area contributed by atoms with Gasteiger partial charge in [-0.15, -0.1) is 0 Å². The number of rotatable bonds is 17. The first-order valence-corrected chi connectivity index (χ1v) is 22.4. The highest BCUT2D eigenvalue weighted by Gasteiger charge is 2.27. The smallest absolute Gasteiger partial charge is 0.408 e. The summed E-state index contributed by atoms with van der Waals surface area (Å²) < 4.78 is 24.1. The van der Waals surface area contributed by atoms with Crippen molar-refractivity contribution in [3.63, 3.8) is 0 Å². The van der Waals surface area contributed by atoms with Crippen LogP contribution in [0.4, 0.5) is 32.3 Å². The lowest BCUT2D eigenvalue weighted by molar-refractivity contribution is -0.385. The normalized spacial score (nSPS) is 12.1. The number of nitrogen functional groups attached to an aromatic ring is 1. The number of nitro groups is 3. The Labute approximate surface area is 431 Å². The molecule has 0 unspecified atom stereocenters. The molecule has 0 aliphatic heterocycles. The number of carbonyl (C=O) groups excluding carboxylic acids is 5. The van der Waals surface area contributed by atoms with E-state index in [1.807, 2.05) is 0 Å². The van der Waals surface area contributed by atoms with Crippen LogP contribution in [0.5, 0.6) is 0 Å². The van der Waals surface area contributed by atoms with Gasteiger partial charge in [0.25, 0.3) is 17.1 Å². The maximum absolute atomic E-state index is 11.8. The van der Waals surface area contributed by atoms with Crippen LogP contribution in [0.2, 0.25) is 0 Å². The summed E-state index contributed by atoms with van der Waals surface area (Å²) in [7, 11) is 3.75. The Morgan fingerprint density at radius 1 is 0.493 bits per heavy atom. The van der Waals surface area contributed by atoms with Gasteiger partial charge in [-0.1, -0.05) is 48.5 Å². The molecule has 0 aliphatic carbocycles. The van der Waals surface area contributed by atoms with E-state index in [0.29, 0.717) is 29.7 Å². The van der Waals surface area contributed by atoms with E-state index in [-0.39, 0.29) is 29.9 Å². The van der Waals surface area contributed by atoms with Crippen LogP contribution in [-0.4, -0.2) is 113 Å². The van der Waals surface area contributed by atoms with Gasteiger partial charge in [0, 0.05) is 54.9 Å². The maximum atomic E-state index is 11.8. The number of anilines is 1. The first-order chi connectivity index (χ1) is 34.9. The van der Waals surface area contributed by atoms with Crippen LogP contribution in [0.1, 0.15) is 63.8 Å². The minimum absolute atomic E-state index is 0.00962. The second kappa shape index (κ2) is 31.0. The van der Waals surface area contributed by atoms with E-state index in [4.69, 9.17) is 36.5 Å². The van der Waals surface area contributed by atoms with Crippen LogP contribution < -0.4 is 27.8 Å². The predicted octanol–water partition coefficient (Wildman–Crippen LogP) is 5.27. The minimum atomic E-state index is -1.09. The Balaban J connectivity index is 0.000000507. The summed E-state index contributed by atoms with van der Waals surface area (Å²) in [6.07, 6.45) is -0.517. The molecule has 0 aromatic heterocycles. The quantitative estimate of drug-likeness (QED) is 0.0258. The van der Waals surface area contributed by atoms with E-state index in [9.17, 15) is 59.1 Å². The summed E-state index contributed by atoms with van der Waals surface area (Å²) in [6.45, 7) is 10.4. The number of non-ortho nitro benzene ring substituents is 3. The average Bonchev–Trinajstić information content (AvgIpc) is 3.33. The molecular formula is C49H64N8O18. The molecule has 4 aromatic rings. The van der Waals surface area contributed by atoms with E-state index in [0.717, 1.165) is 11.1 Å². The van der Waals surface area contributed by atoms with Gasteiger partial charge in [-0.3, -0.25) is 39.9 Å². The zero-order valence-electron chi connectivity index (χ0n) is 42.8. The number of alkyl carbamates (subject to hydrolysis) is 2. The number of methoxy groups -OCH3 is 3. The number of aliphatic carboxylic acids is 1. The van der Waals surface area contributed by atoms with Crippen molar-refractivity contribution in [2.75, 3.05) is 27.1 Å². The van der Waals surface area contributed by atoms with E-state index >= 15 is 0 Å². The van der Waals surface area contributed by atoms with Gasteiger partial charge >= 0.3 is 36.1 Å². The Kier molecular flexibility index (Phi) is 26.5. The van der Waals surface area contributed by atoms with E-state index in [1.54, 1.807) is 77.9 Å². The van der Waals surface area contributed by atoms with Crippen LogP contribution in [-0.2, 0) is 68.5 Å². The molecule has 0 spiro atoms. The van der Waals surface area contributed by atoms with E-state index in [2.05, 4.69) is 20.1 Å². The molecule has 0 saturated carbocycles. The molecule has 75 heavy (non-hydrogen) atoms. The highest BCUT2D eigenvalue weighted by molar-refractivity contribution is 5.82. The van der Waals surface area contributed by atoms with Gasteiger partial charge in [-0.2, -0.15) is 0 Å². The summed E-state index contributed by atoms with van der Waals surface area (Å²) in [6, 6.07) is 20.8. The van der Waals surface area contributed by atoms with Crippen molar-refractivity contribution in [2.45, 2.75) is 103 Å². The number of nitro benzene ring substituents is 3. The van der Waals surface area contributed by atoms with Crippen LogP contribution in [0.3, 0.4) is 0 Å². The van der Waals surface area contributed by atoms with Gasteiger partial charge in [0.2, 0.25) is 0 Å². The van der Waals surface area contributed by atoms with Crippen LogP contribution in [0.15, 0.2) is 97.1 Å². The van der Waals surface area contributed by atoms with Crippen LogP contribution in [0, 0.1) is 30.3 Å². The van der Waals surface area contributed by atoms with E-state index in [1.165, 1.54) is 82.0 Å². The van der Waals surface area contributed by atoms with Crippen molar-refractivity contribution >= 4 is 58.8 Å². The molecule has 408 valence electrons. The highest BCUT2D eigenvalue weighted by Crippen LogP contribution is 2.17. The zero-order valence-corrected chi connectivity index (χ0v) is 42.8. The molecule has 0 radical (unpaired) electrons.